The number of likely N-dealkylation sites (tertiary alicyclic amines) is 1. The van der Waals surface area contributed by atoms with Gasteiger partial charge >= 0.3 is 0 Å². The molecule has 146 valence electrons. The number of nitrogens with zero attached hydrogens (tertiary/aromatic N) is 3. The van der Waals surface area contributed by atoms with Gasteiger partial charge in [-0.25, -0.2) is 9.98 Å². The molecule has 0 amide bonds. The molecule has 1 aromatic rings. The van der Waals surface area contributed by atoms with E-state index in [9.17, 15) is 0 Å². The van der Waals surface area contributed by atoms with Crippen LogP contribution in [0.5, 0.6) is 5.88 Å². The van der Waals surface area contributed by atoms with Crippen LogP contribution in [0.3, 0.4) is 0 Å². The number of halogens is 1. The molecule has 1 N–H and O–H groups in total. The normalized spacial score (nSPS) is 20.0. The van der Waals surface area contributed by atoms with Gasteiger partial charge in [-0.15, -0.1) is 24.0 Å². The Morgan fingerprint density at radius 1 is 1.27 bits per heavy atom. The summed E-state index contributed by atoms with van der Waals surface area (Å²) >= 11 is 0. The highest BCUT2D eigenvalue weighted by Gasteiger charge is 2.24. The van der Waals surface area contributed by atoms with E-state index in [1.807, 2.05) is 12.3 Å². The number of rotatable bonds is 8. The van der Waals surface area contributed by atoms with E-state index in [1.165, 1.54) is 12.8 Å². The van der Waals surface area contributed by atoms with Crippen LogP contribution in [-0.2, 0) is 11.3 Å². The van der Waals surface area contributed by atoms with E-state index < -0.39 is 0 Å². The van der Waals surface area contributed by atoms with Gasteiger partial charge in [0.25, 0.3) is 0 Å². The fraction of sp³-hybridized carbons (Fsp3) is 0.684. The highest BCUT2D eigenvalue weighted by Crippen LogP contribution is 2.29. The number of nitrogens with one attached hydrogen (secondary N) is 1. The molecule has 1 saturated heterocycles. The molecular formula is C19H31IN4O2. The highest BCUT2D eigenvalue weighted by atomic mass is 127. The van der Waals surface area contributed by atoms with Gasteiger partial charge in [-0.3, -0.25) is 0 Å². The lowest BCUT2D eigenvalue weighted by Crippen LogP contribution is -2.40. The standard InChI is InChI=1S/C19H30N4O2.HI/c1-3-20-19(23-9-8-17(12-23)13-24-2)22-11-16-6-7-18(21-10-16)25-14-15-4-5-15;/h6-7,10,15,17H,3-5,8-9,11-14H2,1-2H3,(H,20,22);1H. The van der Waals surface area contributed by atoms with E-state index in [-0.39, 0.29) is 24.0 Å². The zero-order valence-corrected chi connectivity index (χ0v) is 18.1. The average Bonchev–Trinajstić information content (AvgIpc) is 3.35. The Morgan fingerprint density at radius 2 is 2.12 bits per heavy atom. The summed E-state index contributed by atoms with van der Waals surface area (Å²) in [5.41, 5.74) is 1.10. The van der Waals surface area contributed by atoms with Crippen LogP contribution >= 0.6 is 24.0 Å². The molecule has 1 atom stereocenters. The van der Waals surface area contributed by atoms with Gasteiger partial charge in [0, 0.05) is 44.9 Å². The van der Waals surface area contributed by atoms with Gasteiger partial charge in [0.15, 0.2) is 5.96 Å². The third-order valence-electron chi connectivity index (χ3n) is 4.70. The first-order valence-corrected chi connectivity index (χ1v) is 9.38. The minimum Gasteiger partial charge on any atom is -0.477 e. The van der Waals surface area contributed by atoms with Crippen molar-refractivity contribution in [3.05, 3.63) is 23.9 Å². The van der Waals surface area contributed by atoms with E-state index in [1.54, 1.807) is 7.11 Å². The predicted molar refractivity (Wildman–Crippen MR) is 114 cm³/mol. The van der Waals surface area contributed by atoms with Crippen molar-refractivity contribution < 1.29 is 9.47 Å². The summed E-state index contributed by atoms with van der Waals surface area (Å²) in [6.07, 6.45) is 5.61. The van der Waals surface area contributed by atoms with Crippen LogP contribution in [-0.4, -0.2) is 55.8 Å². The number of hydrogen-bond donors (Lipinski definition) is 1. The first-order chi connectivity index (χ1) is 12.3. The van der Waals surface area contributed by atoms with Crippen molar-refractivity contribution in [1.29, 1.82) is 0 Å². The summed E-state index contributed by atoms with van der Waals surface area (Å²) in [6, 6.07) is 4.00. The molecule has 2 heterocycles. The van der Waals surface area contributed by atoms with Crippen LogP contribution in [0.25, 0.3) is 0 Å². The van der Waals surface area contributed by atoms with Crippen LogP contribution in [0, 0.1) is 11.8 Å². The third-order valence-corrected chi connectivity index (χ3v) is 4.70. The number of ether oxygens (including phenoxy) is 2. The molecular weight excluding hydrogens is 443 g/mol. The lowest BCUT2D eigenvalue weighted by Gasteiger charge is -2.21. The molecule has 7 heteroatoms. The van der Waals surface area contributed by atoms with Gasteiger partial charge in [0.2, 0.25) is 5.88 Å². The van der Waals surface area contributed by atoms with Crippen molar-refractivity contribution in [1.82, 2.24) is 15.2 Å². The smallest absolute Gasteiger partial charge is 0.213 e. The Balaban J connectivity index is 0.00000243. The minimum atomic E-state index is 0. The van der Waals surface area contributed by atoms with Gasteiger partial charge in [-0.1, -0.05) is 6.07 Å². The van der Waals surface area contributed by atoms with Gasteiger partial charge < -0.3 is 19.7 Å². The zero-order chi connectivity index (χ0) is 17.5. The van der Waals surface area contributed by atoms with Crippen LogP contribution in [0.4, 0.5) is 0 Å². The first kappa shape index (κ1) is 21.2. The second-order valence-corrected chi connectivity index (χ2v) is 6.99. The van der Waals surface area contributed by atoms with Crippen molar-refractivity contribution in [3.63, 3.8) is 0 Å². The number of aromatic nitrogens is 1. The maximum absolute atomic E-state index is 5.69. The van der Waals surface area contributed by atoms with Gasteiger partial charge in [-0.2, -0.15) is 0 Å². The molecule has 3 rings (SSSR count). The van der Waals surface area contributed by atoms with E-state index >= 15 is 0 Å². The molecule has 0 aromatic carbocycles. The second kappa shape index (κ2) is 10.9. The van der Waals surface area contributed by atoms with Crippen LogP contribution in [0.2, 0.25) is 0 Å². The van der Waals surface area contributed by atoms with Crippen LogP contribution in [0.1, 0.15) is 31.7 Å². The minimum absolute atomic E-state index is 0. The van der Waals surface area contributed by atoms with Gasteiger partial charge in [0.1, 0.15) is 0 Å². The second-order valence-electron chi connectivity index (χ2n) is 6.99. The third kappa shape index (κ3) is 6.57. The SMILES string of the molecule is CCNC(=NCc1ccc(OCC2CC2)nc1)N1CCC(COC)C1.I. The molecule has 1 aliphatic carbocycles. The quantitative estimate of drug-likeness (QED) is 0.357. The molecule has 1 aromatic heterocycles. The number of methoxy groups -OCH3 is 1. The molecule has 1 unspecified atom stereocenters. The van der Waals surface area contributed by atoms with E-state index in [0.29, 0.717) is 18.3 Å². The fourth-order valence-corrected chi connectivity index (χ4v) is 3.07. The summed E-state index contributed by atoms with van der Waals surface area (Å²) in [7, 11) is 1.77. The van der Waals surface area contributed by atoms with Crippen molar-refractivity contribution in [2.45, 2.75) is 32.7 Å². The molecule has 6 nitrogen and oxygen atoms in total. The van der Waals surface area contributed by atoms with E-state index in [4.69, 9.17) is 14.5 Å². The van der Waals surface area contributed by atoms with Gasteiger partial charge in [-0.05, 0) is 37.7 Å². The molecule has 1 saturated carbocycles. The maximum atomic E-state index is 5.69. The van der Waals surface area contributed by atoms with Gasteiger partial charge in [0.05, 0.1) is 19.8 Å². The monoisotopic (exact) mass is 474 g/mol. The molecule has 2 fully saturated rings. The zero-order valence-electron chi connectivity index (χ0n) is 15.8. The van der Waals surface area contributed by atoms with Crippen LogP contribution in [0.15, 0.2) is 23.3 Å². The van der Waals surface area contributed by atoms with Crippen LogP contribution < -0.4 is 10.1 Å². The predicted octanol–water partition coefficient (Wildman–Crippen LogP) is 2.92. The number of pyridine rings is 1. The summed E-state index contributed by atoms with van der Waals surface area (Å²) in [6.45, 7) is 7.26. The summed E-state index contributed by atoms with van der Waals surface area (Å²) in [5.74, 6) is 3.04. The number of aliphatic imine (C=N–C) groups is 1. The Bertz CT molecular complexity index is 563. The first-order valence-electron chi connectivity index (χ1n) is 9.38. The highest BCUT2D eigenvalue weighted by molar-refractivity contribution is 14.0. The molecule has 0 spiro atoms. The van der Waals surface area contributed by atoms with E-state index in [2.05, 4.69) is 28.2 Å². The average molecular weight is 474 g/mol. The van der Waals surface area contributed by atoms with Crippen molar-refractivity contribution in [2.75, 3.05) is 40.0 Å². The Kier molecular flexibility index (Phi) is 8.90. The summed E-state index contributed by atoms with van der Waals surface area (Å²) in [5, 5.41) is 3.40. The molecule has 2 aliphatic rings. The summed E-state index contributed by atoms with van der Waals surface area (Å²) in [4.78, 5) is 11.5. The van der Waals surface area contributed by atoms with Crippen molar-refractivity contribution >= 4 is 29.9 Å². The van der Waals surface area contributed by atoms with Crippen molar-refractivity contribution in [2.24, 2.45) is 16.8 Å². The Hall–Kier alpha value is -1.09. The lowest BCUT2D eigenvalue weighted by molar-refractivity contribution is 0.157. The van der Waals surface area contributed by atoms with E-state index in [0.717, 1.165) is 56.7 Å². The topological polar surface area (TPSA) is 59.0 Å². The number of guanidine groups is 1. The Morgan fingerprint density at radius 3 is 2.77 bits per heavy atom. The van der Waals surface area contributed by atoms with Crippen molar-refractivity contribution in [3.8, 4) is 5.88 Å². The lowest BCUT2D eigenvalue weighted by atomic mass is 10.1. The Labute approximate surface area is 173 Å². The fourth-order valence-electron chi connectivity index (χ4n) is 3.07. The maximum Gasteiger partial charge on any atom is 0.213 e. The summed E-state index contributed by atoms with van der Waals surface area (Å²) < 4.78 is 11.0. The molecule has 0 radical (unpaired) electrons. The molecule has 0 bridgehead atoms. The largest absolute Gasteiger partial charge is 0.477 e. The number of hydrogen-bond acceptors (Lipinski definition) is 4. The molecule has 1 aliphatic heterocycles. The molecule has 26 heavy (non-hydrogen) atoms.